The third-order valence-corrected chi connectivity index (χ3v) is 11.0. The number of benzene rings is 9. The molecule has 48 heavy (non-hydrogen) atoms. The van der Waals surface area contributed by atoms with Crippen molar-refractivity contribution in [2.45, 2.75) is 13.8 Å². The Hall–Kier alpha value is -5.98. The van der Waals surface area contributed by atoms with Gasteiger partial charge in [0.2, 0.25) is 0 Å². The van der Waals surface area contributed by atoms with Gasteiger partial charge in [-0.05, 0) is 152 Å². The van der Waals surface area contributed by atoms with Crippen LogP contribution in [0.5, 0.6) is 0 Å². The highest BCUT2D eigenvalue weighted by Gasteiger charge is 2.24. The van der Waals surface area contributed by atoms with Crippen LogP contribution in [0.1, 0.15) is 11.1 Å². The van der Waals surface area contributed by atoms with Crippen molar-refractivity contribution in [1.82, 2.24) is 0 Å². The molecular formula is C48H30. The quantitative estimate of drug-likeness (QED) is 0.136. The normalized spacial score (nSPS) is 12.4. The fourth-order valence-corrected chi connectivity index (χ4v) is 9.19. The molecule has 0 aliphatic rings. The molecule has 0 heteroatoms. The van der Waals surface area contributed by atoms with Crippen LogP contribution in [-0.2, 0) is 0 Å². The third kappa shape index (κ3) is 3.29. The first-order valence-corrected chi connectivity index (χ1v) is 16.9. The number of hydrogen-bond acceptors (Lipinski definition) is 0. The predicted octanol–water partition coefficient (Wildman–Crippen LogP) is 13.7. The summed E-state index contributed by atoms with van der Waals surface area (Å²) in [6, 6.07) is 54.8. The molecule has 0 radical (unpaired) electrons. The molecule has 0 aliphatic heterocycles. The average Bonchev–Trinajstić information content (AvgIpc) is 3.62. The zero-order chi connectivity index (χ0) is 31.7. The van der Waals surface area contributed by atoms with E-state index < -0.39 is 0 Å². The Balaban J connectivity index is 1.42. The molecule has 0 saturated heterocycles. The summed E-state index contributed by atoms with van der Waals surface area (Å²) in [6.45, 7) is 4.53. The fourth-order valence-electron chi connectivity index (χ4n) is 9.19. The van der Waals surface area contributed by atoms with Gasteiger partial charge < -0.3 is 0 Å². The van der Waals surface area contributed by atoms with Crippen molar-refractivity contribution < 1.29 is 0 Å². The van der Waals surface area contributed by atoms with Crippen LogP contribution in [0.2, 0.25) is 0 Å². The first kappa shape index (κ1) is 26.1. The Morgan fingerprint density at radius 2 is 0.812 bits per heavy atom. The van der Waals surface area contributed by atoms with E-state index in [1.807, 2.05) is 0 Å². The number of aryl methyl sites for hydroxylation is 2. The van der Waals surface area contributed by atoms with Crippen LogP contribution < -0.4 is 0 Å². The summed E-state index contributed by atoms with van der Waals surface area (Å²) < 4.78 is 0. The maximum absolute atomic E-state index is 2.53. The van der Waals surface area contributed by atoms with Gasteiger partial charge in [-0.15, -0.1) is 0 Å². The minimum atomic E-state index is 1.27. The van der Waals surface area contributed by atoms with Crippen molar-refractivity contribution >= 4 is 86.2 Å². The summed E-state index contributed by atoms with van der Waals surface area (Å²) in [5.41, 5.74) is 7.84. The van der Waals surface area contributed by atoms with E-state index >= 15 is 0 Å². The second-order valence-corrected chi connectivity index (χ2v) is 13.7. The molecule has 0 heterocycles. The van der Waals surface area contributed by atoms with Gasteiger partial charge in [-0.1, -0.05) is 127 Å². The highest BCUT2D eigenvalue weighted by Crippen LogP contribution is 2.52. The molecule has 0 aliphatic carbocycles. The van der Waals surface area contributed by atoms with Crippen LogP contribution in [0.3, 0.4) is 0 Å². The zero-order valence-corrected chi connectivity index (χ0v) is 26.9. The maximum Gasteiger partial charge on any atom is -0.000720 e. The van der Waals surface area contributed by atoms with E-state index in [1.54, 1.807) is 0 Å². The SMILES string of the molecule is Cc1cc2c(-c3ccccc3)c(C)cc3c4cc5c(cc4c(c1)c23)c(-c1ccccc1)c1c2ccccc2c2c3ccccc3cc5c12. The average molecular weight is 607 g/mol. The smallest absolute Gasteiger partial charge is 0.000720 e. The molecule has 0 spiro atoms. The number of fused-ring (bicyclic) bond motifs is 10. The topological polar surface area (TPSA) is 0 Å². The molecule has 0 N–H and O–H groups in total. The molecule has 0 atom stereocenters. The molecule has 222 valence electrons. The Labute approximate surface area is 278 Å². The Kier molecular flexibility index (Phi) is 5.07. The van der Waals surface area contributed by atoms with Gasteiger partial charge in [0.05, 0.1) is 0 Å². The highest BCUT2D eigenvalue weighted by molar-refractivity contribution is 6.45. The van der Waals surface area contributed by atoms with E-state index in [9.17, 15) is 0 Å². The van der Waals surface area contributed by atoms with Crippen LogP contribution in [0.25, 0.3) is 108 Å². The van der Waals surface area contributed by atoms with E-state index in [4.69, 9.17) is 0 Å². The van der Waals surface area contributed by atoms with Gasteiger partial charge >= 0.3 is 0 Å². The van der Waals surface area contributed by atoms with Crippen LogP contribution >= 0.6 is 0 Å². The summed E-state index contributed by atoms with van der Waals surface area (Å²) in [5, 5.41) is 21.5. The van der Waals surface area contributed by atoms with E-state index in [-0.39, 0.29) is 0 Å². The maximum atomic E-state index is 2.53. The largest absolute Gasteiger partial charge is 0.0622 e. The van der Waals surface area contributed by atoms with Gasteiger partial charge in [0.25, 0.3) is 0 Å². The van der Waals surface area contributed by atoms with Crippen molar-refractivity contribution in [3.63, 3.8) is 0 Å². The molecule has 0 nitrogen and oxygen atoms in total. The van der Waals surface area contributed by atoms with E-state index in [1.165, 1.54) is 120 Å². The Morgan fingerprint density at radius 3 is 1.54 bits per heavy atom. The number of hydrogen-bond donors (Lipinski definition) is 0. The third-order valence-electron chi connectivity index (χ3n) is 11.0. The summed E-state index contributed by atoms with van der Waals surface area (Å²) in [6.07, 6.45) is 0. The Morgan fingerprint density at radius 1 is 0.292 bits per heavy atom. The van der Waals surface area contributed by atoms with E-state index in [2.05, 4.69) is 159 Å². The fraction of sp³-hybridized carbons (Fsp3) is 0.0417. The lowest BCUT2D eigenvalue weighted by molar-refractivity contribution is 1.49. The minimum Gasteiger partial charge on any atom is -0.0622 e. The highest BCUT2D eigenvalue weighted by atomic mass is 14.3. The minimum absolute atomic E-state index is 1.27. The van der Waals surface area contributed by atoms with Gasteiger partial charge in [0.15, 0.2) is 0 Å². The predicted molar refractivity (Wildman–Crippen MR) is 209 cm³/mol. The molecular weight excluding hydrogens is 577 g/mol. The molecule has 0 bridgehead atoms. The van der Waals surface area contributed by atoms with Crippen molar-refractivity contribution in [2.24, 2.45) is 0 Å². The lowest BCUT2D eigenvalue weighted by Crippen LogP contribution is -1.88. The van der Waals surface area contributed by atoms with Crippen LogP contribution in [0, 0.1) is 13.8 Å². The molecule has 11 rings (SSSR count). The van der Waals surface area contributed by atoms with Gasteiger partial charge in [-0.25, -0.2) is 0 Å². The molecule has 0 aromatic heterocycles. The van der Waals surface area contributed by atoms with Crippen molar-refractivity contribution in [2.75, 3.05) is 0 Å². The second-order valence-electron chi connectivity index (χ2n) is 13.7. The summed E-state index contributed by atoms with van der Waals surface area (Å²) in [5.74, 6) is 0. The van der Waals surface area contributed by atoms with Gasteiger partial charge in [-0.2, -0.15) is 0 Å². The summed E-state index contributed by atoms with van der Waals surface area (Å²) in [7, 11) is 0. The van der Waals surface area contributed by atoms with Crippen molar-refractivity contribution in [3.05, 3.63) is 157 Å². The summed E-state index contributed by atoms with van der Waals surface area (Å²) in [4.78, 5) is 0. The lowest BCUT2D eigenvalue weighted by atomic mass is 9.87. The number of rotatable bonds is 2. The second kappa shape index (κ2) is 9.31. The molecule has 0 unspecified atom stereocenters. The Bertz CT molecular complexity index is 3090. The first-order valence-electron chi connectivity index (χ1n) is 16.9. The standard InChI is InChI=1S/C48H30/c1-27-21-38-36-26-41-37(25-35(36)39-23-28(2)43(42(22-27)45(38)39)29-13-5-3-6-14-29)40-24-31-17-9-10-18-32(31)46-33-19-11-12-20-34(33)47(48(40)46)44(41)30-15-7-4-8-16-30/h3-26H,1-2H3. The first-order chi connectivity index (χ1) is 23.7. The van der Waals surface area contributed by atoms with Crippen LogP contribution in [0.4, 0.5) is 0 Å². The van der Waals surface area contributed by atoms with E-state index in [0.717, 1.165) is 0 Å². The lowest BCUT2D eigenvalue weighted by Gasteiger charge is -2.15. The summed E-state index contributed by atoms with van der Waals surface area (Å²) >= 11 is 0. The zero-order valence-electron chi connectivity index (χ0n) is 26.9. The molecule has 0 saturated carbocycles. The van der Waals surface area contributed by atoms with Crippen molar-refractivity contribution in [3.8, 4) is 22.3 Å². The van der Waals surface area contributed by atoms with Gasteiger partial charge in [0.1, 0.15) is 0 Å². The molecule has 11 aromatic rings. The van der Waals surface area contributed by atoms with Crippen LogP contribution in [0.15, 0.2) is 146 Å². The molecule has 0 fully saturated rings. The monoisotopic (exact) mass is 606 g/mol. The molecule has 11 aromatic carbocycles. The molecule has 0 amide bonds. The van der Waals surface area contributed by atoms with Crippen LogP contribution in [-0.4, -0.2) is 0 Å². The van der Waals surface area contributed by atoms with E-state index in [0.29, 0.717) is 0 Å². The van der Waals surface area contributed by atoms with Gasteiger partial charge in [-0.3, -0.25) is 0 Å². The van der Waals surface area contributed by atoms with Crippen molar-refractivity contribution in [1.29, 1.82) is 0 Å². The van der Waals surface area contributed by atoms with Gasteiger partial charge in [0, 0.05) is 0 Å².